The van der Waals surface area contributed by atoms with E-state index in [4.69, 9.17) is 11.6 Å². The fourth-order valence-corrected chi connectivity index (χ4v) is 4.24. The van der Waals surface area contributed by atoms with Gasteiger partial charge in [0.2, 0.25) is 11.8 Å². The van der Waals surface area contributed by atoms with Crippen molar-refractivity contribution in [2.24, 2.45) is 11.8 Å². The number of amides is 2. The molecule has 1 saturated heterocycles. The van der Waals surface area contributed by atoms with Crippen LogP contribution in [0, 0.1) is 31.5 Å². The zero-order chi connectivity index (χ0) is 19.3. The summed E-state index contributed by atoms with van der Waals surface area (Å²) >= 11 is 6.13. The molecule has 0 unspecified atom stereocenters. The molecule has 2 aromatic rings. The van der Waals surface area contributed by atoms with Gasteiger partial charge in [-0.25, -0.2) is 9.29 Å². The third kappa shape index (κ3) is 2.79. The number of rotatable bonds is 3. The SMILES string of the molecule is Cc1nn(Cc2c(F)cccc2Cl)c(C)c1N1C(=O)[C@H]2CC=CC[C@H]2C1=O. The van der Waals surface area contributed by atoms with Crippen molar-refractivity contribution in [2.75, 3.05) is 4.90 Å². The number of aryl methyl sites for hydroxylation is 1. The molecule has 5 nitrogen and oxygen atoms in total. The number of halogens is 2. The van der Waals surface area contributed by atoms with E-state index in [0.29, 0.717) is 40.5 Å². The van der Waals surface area contributed by atoms with Gasteiger partial charge >= 0.3 is 0 Å². The number of benzene rings is 1. The monoisotopic (exact) mass is 387 g/mol. The van der Waals surface area contributed by atoms with Crippen LogP contribution < -0.4 is 4.90 Å². The van der Waals surface area contributed by atoms with E-state index in [1.54, 1.807) is 30.7 Å². The molecule has 2 aliphatic rings. The van der Waals surface area contributed by atoms with Gasteiger partial charge in [0.1, 0.15) is 5.82 Å². The lowest BCUT2D eigenvalue weighted by atomic mass is 9.85. The average Bonchev–Trinajstić information content (AvgIpc) is 3.05. The van der Waals surface area contributed by atoms with Gasteiger partial charge in [-0.3, -0.25) is 14.3 Å². The van der Waals surface area contributed by atoms with E-state index in [1.165, 1.54) is 11.0 Å². The van der Waals surface area contributed by atoms with Crippen molar-refractivity contribution in [2.45, 2.75) is 33.2 Å². The van der Waals surface area contributed by atoms with Crippen LogP contribution in [0.25, 0.3) is 0 Å². The summed E-state index contributed by atoms with van der Waals surface area (Å²) in [5.74, 6) is -1.37. The number of fused-ring (bicyclic) bond motifs is 1. The molecule has 0 bridgehead atoms. The molecule has 1 aliphatic carbocycles. The minimum absolute atomic E-state index is 0.128. The molecule has 1 aliphatic heterocycles. The highest BCUT2D eigenvalue weighted by Gasteiger charge is 2.49. The second kappa shape index (κ2) is 6.60. The molecule has 7 heteroatoms. The standard InChI is InChI=1S/C20H19ClFN3O2/c1-11-18(25-19(26)13-6-3-4-7-14(13)20(25)27)12(2)24(23-11)10-15-16(21)8-5-9-17(15)22/h3-5,8-9,13-14H,6-7,10H2,1-2H3/t13-,14+. The van der Waals surface area contributed by atoms with Crippen LogP contribution in [0.2, 0.25) is 5.02 Å². The van der Waals surface area contributed by atoms with Gasteiger partial charge in [0.05, 0.1) is 35.5 Å². The lowest BCUT2D eigenvalue weighted by Crippen LogP contribution is -2.31. The zero-order valence-corrected chi connectivity index (χ0v) is 15.8. The molecule has 0 saturated carbocycles. The summed E-state index contributed by atoms with van der Waals surface area (Å²) in [6.45, 7) is 3.66. The van der Waals surface area contributed by atoms with Crippen molar-refractivity contribution in [1.29, 1.82) is 0 Å². The van der Waals surface area contributed by atoms with E-state index in [0.717, 1.165) is 0 Å². The Bertz CT molecular complexity index is 936. The third-order valence-electron chi connectivity index (χ3n) is 5.44. The molecule has 27 heavy (non-hydrogen) atoms. The fourth-order valence-electron chi connectivity index (χ4n) is 4.02. The van der Waals surface area contributed by atoms with E-state index in [9.17, 15) is 14.0 Å². The first-order valence-electron chi connectivity index (χ1n) is 8.90. The molecular weight excluding hydrogens is 369 g/mol. The highest BCUT2D eigenvalue weighted by molar-refractivity contribution is 6.31. The maximum Gasteiger partial charge on any atom is 0.238 e. The minimum atomic E-state index is -0.415. The van der Waals surface area contributed by atoms with Gasteiger partial charge in [0.25, 0.3) is 0 Å². The lowest BCUT2D eigenvalue weighted by Gasteiger charge is -2.15. The third-order valence-corrected chi connectivity index (χ3v) is 5.80. The Hall–Kier alpha value is -2.47. The summed E-state index contributed by atoms with van der Waals surface area (Å²) in [5.41, 5.74) is 2.04. The topological polar surface area (TPSA) is 55.2 Å². The van der Waals surface area contributed by atoms with Gasteiger partial charge in [-0.05, 0) is 38.8 Å². The maximum absolute atomic E-state index is 14.2. The van der Waals surface area contributed by atoms with Crippen molar-refractivity contribution in [3.63, 3.8) is 0 Å². The first-order chi connectivity index (χ1) is 12.9. The van der Waals surface area contributed by atoms with Gasteiger partial charge < -0.3 is 0 Å². The Kier molecular flexibility index (Phi) is 4.38. The van der Waals surface area contributed by atoms with Crippen LogP contribution in [0.15, 0.2) is 30.4 Å². The second-order valence-electron chi connectivity index (χ2n) is 7.04. The number of anilines is 1. The van der Waals surface area contributed by atoms with Crippen LogP contribution in [0.4, 0.5) is 10.1 Å². The van der Waals surface area contributed by atoms with Crippen LogP contribution in [-0.4, -0.2) is 21.6 Å². The smallest absolute Gasteiger partial charge is 0.238 e. The van der Waals surface area contributed by atoms with E-state index >= 15 is 0 Å². The summed E-state index contributed by atoms with van der Waals surface area (Å²) in [4.78, 5) is 27.0. The van der Waals surface area contributed by atoms with Gasteiger partial charge in [-0.15, -0.1) is 0 Å². The zero-order valence-electron chi connectivity index (χ0n) is 15.1. The van der Waals surface area contributed by atoms with Gasteiger partial charge in [-0.2, -0.15) is 5.10 Å². The van der Waals surface area contributed by atoms with Crippen LogP contribution in [-0.2, 0) is 16.1 Å². The molecule has 2 atom stereocenters. The average molecular weight is 388 g/mol. The molecule has 1 fully saturated rings. The van der Waals surface area contributed by atoms with E-state index < -0.39 is 5.82 Å². The van der Waals surface area contributed by atoms with E-state index in [2.05, 4.69) is 5.10 Å². The molecule has 0 spiro atoms. The Labute approximate surface area is 161 Å². The molecule has 2 amide bonds. The number of nitrogens with zero attached hydrogens (tertiary/aromatic N) is 3. The van der Waals surface area contributed by atoms with Gasteiger partial charge in [0, 0.05) is 10.6 Å². The fraction of sp³-hybridized carbons (Fsp3) is 0.350. The first kappa shape index (κ1) is 17.9. The predicted octanol–water partition coefficient (Wildman–Crippen LogP) is 3.80. The number of carbonyl (C=O) groups excluding carboxylic acids is 2. The molecule has 2 heterocycles. The number of carbonyl (C=O) groups is 2. The van der Waals surface area contributed by atoms with Crippen molar-refractivity contribution in [1.82, 2.24) is 9.78 Å². The second-order valence-corrected chi connectivity index (χ2v) is 7.45. The Morgan fingerprint density at radius 3 is 2.37 bits per heavy atom. The maximum atomic E-state index is 14.2. The van der Waals surface area contributed by atoms with Crippen molar-refractivity contribution >= 4 is 29.1 Å². The van der Waals surface area contributed by atoms with Gasteiger partial charge in [-0.1, -0.05) is 29.8 Å². The lowest BCUT2D eigenvalue weighted by molar-refractivity contribution is -0.122. The summed E-state index contributed by atoms with van der Waals surface area (Å²) in [6.07, 6.45) is 5.09. The number of allylic oxidation sites excluding steroid dienone is 2. The molecule has 4 rings (SSSR count). The van der Waals surface area contributed by atoms with Crippen molar-refractivity contribution in [3.8, 4) is 0 Å². The summed E-state index contributed by atoms with van der Waals surface area (Å²) in [7, 11) is 0. The summed E-state index contributed by atoms with van der Waals surface area (Å²) in [5, 5.41) is 4.76. The number of hydrogen-bond donors (Lipinski definition) is 0. The summed E-state index contributed by atoms with van der Waals surface area (Å²) < 4.78 is 15.7. The number of aromatic nitrogens is 2. The Morgan fingerprint density at radius 1 is 1.15 bits per heavy atom. The van der Waals surface area contributed by atoms with Crippen molar-refractivity contribution in [3.05, 3.63) is 58.1 Å². The molecule has 0 N–H and O–H groups in total. The van der Waals surface area contributed by atoms with E-state index in [-0.39, 0.29) is 30.2 Å². The van der Waals surface area contributed by atoms with Crippen LogP contribution in [0.1, 0.15) is 29.8 Å². The van der Waals surface area contributed by atoms with Crippen LogP contribution in [0.5, 0.6) is 0 Å². The molecule has 1 aromatic carbocycles. The van der Waals surface area contributed by atoms with Crippen LogP contribution in [0.3, 0.4) is 0 Å². The van der Waals surface area contributed by atoms with E-state index in [1.807, 2.05) is 12.2 Å². The number of hydrogen-bond acceptors (Lipinski definition) is 3. The normalized spacial score (nSPS) is 21.9. The Balaban J connectivity index is 1.72. The largest absolute Gasteiger partial charge is 0.274 e. The van der Waals surface area contributed by atoms with Gasteiger partial charge in [0.15, 0.2) is 0 Å². The van der Waals surface area contributed by atoms with Crippen molar-refractivity contribution < 1.29 is 14.0 Å². The summed E-state index contributed by atoms with van der Waals surface area (Å²) in [6, 6.07) is 4.52. The minimum Gasteiger partial charge on any atom is -0.274 e. The molecule has 1 aromatic heterocycles. The predicted molar refractivity (Wildman–Crippen MR) is 100 cm³/mol. The number of imide groups is 1. The Morgan fingerprint density at radius 2 is 1.78 bits per heavy atom. The highest BCUT2D eigenvalue weighted by Crippen LogP contribution is 2.40. The van der Waals surface area contributed by atoms with Crippen LogP contribution >= 0.6 is 11.6 Å². The quantitative estimate of drug-likeness (QED) is 0.594. The molecule has 140 valence electrons. The molecular formula is C20H19ClFN3O2. The highest BCUT2D eigenvalue weighted by atomic mass is 35.5. The molecule has 0 radical (unpaired) electrons. The first-order valence-corrected chi connectivity index (χ1v) is 9.27.